The van der Waals surface area contributed by atoms with Crippen molar-refractivity contribution in [2.24, 2.45) is 0 Å². The van der Waals surface area contributed by atoms with Gasteiger partial charge in [0.15, 0.2) is 0 Å². The lowest BCUT2D eigenvalue weighted by atomic mass is 10.5. The lowest BCUT2D eigenvalue weighted by Gasteiger charge is -1.86. The summed E-state index contributed by atoms with van der Waals surface area (Å²) in [6, 6.07) is 1.83. The van der Waals surface area contributed by atoms with Crippen molar-refractivity contribution in [3.05, 3.63) is 18.0 Å². The van der Waals surface area contributed by atoms with Crippen molar-refractivity contribution >= 4 is 28.4 Å². The van der Waals surface area contributed by atoms with Crippen LogP contribution in [0.4, 0.5) is 0 Å². The maximum Gasteiger partial charge on any atom is 0.135 e. The van der Waals surface area contributed by atoms with E-state index >= 15 is 0 Å². The summed E-state index contributed by atoms with van der Waals surface area (Å²) in [5.41, 5.74) is 0.708. The van der Waals surface area contributed by atoms with Crippen molar-refractivity contribution in [1.29, 1.82) is 0 Å². The molecule has 0 saturated heterocycles. The third kappa shape index (κ3) is 1.67. The molecule has 0 bridgehead atoms. The molecule has 1 unspecified atom stereocenters. The van der Waals surface area contributed by atoms with Gasteiger partial charge in [-0.1, -0.05) is 0 Å². The Morgan fingerprint density at radius 1 is 1.89 bits per heavy atom. The Kier molecular flexibility index (Phi) is 2.49. The molecule has 0 amide bonds. The van der Waals surface area contributed by atoms with E-state index in [4.69, 9.17) is 6.42 Å². The SMILES string of the molecule is C#Cc1ccn(PI)n1. The molecule has 1 aromatic rings. The number of halogens is 1. The average Bonchev–Trinajstić information content (AvgIpc) is 2.34. The molecule has 1 atom stereocenters. The quantitative estimate of drug-likeness (QED) is 0.421. The molecular formula is C5H4IN2P. The number of rotatable bonds is 1. The second kappa shape index (κ2) is 3.19. The Hall–Kier alpha value is -0.0700. The van der Waals surface area contributed by atoms with E-state index in [1.165, 1.54) is 0 Å². The molecule has 46 valence electrons. The summed E-state index contributed by atoms with van der Waals surface area (Å²) < 4.78 is 1.82. The maximum absolute atomic E-state index is 5.09. The van der Waals surface area contributed by atoms with E-state index in [0.29, 0.717) is 12.1 Å². The fourth-order valence-corrected chi connectivity index (χ4v) is 1.53. The third-order valence-electron chi connectivity index (χ3n) is 0.824. The van der Waals surface area contributed by atoms with E-state index in [-0.39, 0.29) is 0 Å². The van der Waals surface area contributed by atoms with Crippen LogP contribution in [0.3, 0.4) is 0 Å². The Balaban J connectivity index is 2.90. The highest BCUT2D eigenvalue weighted by Crippen LogP contribution is 2.21. The van der Waals surface area contributed by atoms with Gasteiger partial charge >= 0.3 is 0 Å². The van der Waals surface area contributed by atoms with Gasteiger partial charge in [0.2, 0.25) is 0 Å². The summed E-state index contributed by atoms with van der Waals surface area (Å²) >= 11 is 2.24. The number of hydrogen-bond donors (Lipinski definition) is 0. The zero-order valence-corrected chi connectivity index (χ0v) is 7.66. The zero-order valence-electron chi connectivity index (χ0n) is 4.50. The van der Waals surface area contributed by atoms with E-state index in [2.05, 4.69) is 33.1 Å². The van der Waals surface area contributed by atoms with Crippen LogP contribution >= 0.6 is 28.4 Å². The molecule has 0 spiro atoms. The summed E-state index contributed by atoms with van der Waals surface area (Å²) in [5, 5.41) is 4.03. The maximum atomic E-state index is 5.09. The molecule has 1 heterocycles. The first kappa shape index (κ1) is 7.04. The van der Waals surface area contributed by atoms with Gasteiger partial charge in [-0.15, -0.1) is 6.42 Å². The molecule has 1 rings (SSSR count). The highest BCUT2D eigenvalue weighted by atomic mass is 127. The van der Waals surface area contributed by atoms with Crippen LogP contribution in [0.25, 0.3) is 0 Å². The predicted octanol–water partition coefficient (Wildman–Crippen LogP) is 1.66. The van der Waals surface area contributed by atoms with Gasteiger partial charge in [-0.05, 0) is 34.0 Å². The standard InChI is InChI=1S/C5H4IN2P/c1-2-5-3-4-8(7-5)9-6/h1,3-4,9H. The second-order valence-electron chi connectivity index (χ2n) is 1.37. The second-order valence-corrected chi connectivity index (χ2v) is 3.45. The van der Waals surface area contributed by atoms with Crippen LogP contribution in [0, 0.1) is 12.3 Å². The zero-order chi connectivity index (χ0) is 6.69. The van der Waals surface area contributed by atoms with Crippen molar-refractivity contribution in [2.45, 2.75) is 0 Å². The van der Waals surface area contributed by atoms with Crippen LogP contribution < -0.4 is 0 Å². The van der Waals surface area contributed by atoms with Crippen LogP contribution in [0.1, 0.15) is 5.69 Å². The summed E-state index contributed by atoms with van der Waals surface area (Å²) in [4.78, 5) is 0. The molecule has 0 aromatic carbocycles. The van der Waals surface area contributed by atoms with Crippen LogP contribution in [0.15, 0.2) is 12.3 Å². The van der Waals surface area contributed by atoms with Crippen LogP contribution in [-0.4, -0.2) is 9.55 Å². The molecule has 9 heavy (non-hydrogen) atoms. The summed E-state index contributed by atoms with van der Waals surface area (Å²) in [5.74, 6) is 2.45. The van der Waals surface area contributed by atoms with Crippen molar-refractivity contribution in [2.75, 3.05) is 0 Å². The molecule has 4 heteroatoms. The van der Waals surface area contributed by atoms with Crippen molar-refractivity contribution < 1.29 is 0 Å². The Morgan fingerprint density at radius 3 is 3.00 bits per heavy atom. The smallest absolute Gasteiger partial charge is 0.135 e. The van der Waals surface area contributed by atoms with Gasteiger partial charge in [-0.25, -0.2) is 4.45 Å². The molecule has 0 saturated carbocycles. The molecule has 0 aliphatic carbocycles. The molecule has 0 radical (unpaired) electrons. The predicted molar refractivity (Wildman–Crippen MR) is 47.9 cm³/mol. The van der Waals surface area contributed by atoms with Gasteiger partial charge in [-0.2, -0.15) is 5.10 Å². The van der Waals surface area contributed by atoms with Gasteiger partial charge in [-0.3, -0.25) is 0 Å². The third-order valence-corrected chi connectivity index (χ3v) is 2.73. The Labute approximate surface area is 68.3 Å². The molecule has 0 fully saturated rings. The minimum absolute atomic E-state index is 0.634. The Morgan fingerprint density at radius 2 is 2.67 bits per heavy atom. The first-order valence-corrected chi connectivity index (χ1v) is 6.32. The van der Waals surface area contributed by atoms with Gasteiger partial charge in [0.05, 0.1) is 6.37 Å². The number of nitrogens with zero attached hydrogens (tertiary/aromatic N) is 2. The van der Waals surface area contributed by atoms with Gasteiger partial charge < -0.3 is 0 Å². The minimum atomic E-state index is 0.634. The number of hydrogen-bond acceptors (Lipinski definition) is 1. The van der Waals surface area contributed by atoms with Gasteiger partial charge in [0.1, 0.15) is 5.69 Å². The van der Waals surface area contributed by atoms with Crippen molar-refractivity contribution in [1.82, 2.24) is 9.55 Å². The van der Waals surface area contributed by atoms with Crippen molar-refractivity contribution in [3.8, 4) is 12.3 Å². The van der Waals surface area contributed by atoms with E-state index in [9.17, 15) is 0 Å². The molecule has 0 aliphatic rings. The average molecular weight is 250 g/mol. The normalized spacial score (nSPS) is 10.2. The summed E-state index contributed by atoms with van der Waals surface area (Å²) in [6.07, 6.45) is 7.60. The lowest BCUT2D eigenvalue weighted by molar-refractivity contribution is 1.00. The van der Waals surface area contributed by atoms with Crippen LogP contribution in [0.5, 0.6) is 0 Å². The fraction of sp³-hybridized carbons (Fsp3) is 0. The lowest BCUT2D eigenvalue weighted by Crippen LogP contribution is -1.80. The molecular weight excluding hydrogens is 246 g/mol. The van der Waals surface area contributed by atoms with E-state index in [1.807, 2.05) is 16.7 Å². The van der Waals surface area contributed by atoms with Crippen LogP contribution in [-0.2, 0) is 0 Å². The topological polar surface area (TPSA) is 17.8 Å². The first-order valence-electron chi connectivity index (χ1n) is 2.26. The largest absolute Gasteiger partial charge is 0.244 e. The van der Waals surface area contributed by atoms with Gasteiger partial charge in [0, 0.05) is 6.20 Å². The van der Waals surface area contributed by atoms with Crippen LogP contribution in [0.2, 0.25) is 0 Å². The monoisotopic (exact) mass is 250 g/mol. The van der Waals surface area contributed by atoms with E-state index in [0.717, 1.165) is 0 Å². The van der Waals surface area contributed by atoms with Gasteiger partial charge in [0.25, 0.3) is 0 Å². The minimum Gasteiger partial charge on any atom is -0.244 e. The molecule has 2 nitrogen and oxygen atoms in total. The summed E-state index contributed by atoms with van der Waals surface area (Å²) in [6.45, 7) is 0. The number of terminal acetylenes is 1. The van der Waals surface area contributed by atoms with Crippen molar-refractivity contribution in [3.63, 3.8) is 0 Å². The molecule has 1 aromatic heterocycles. The Bertz CT molecular complexity index is 237. The summed E-state index contributed by atoms with van der Waals surface area (Å²) in [7, 11) is 0. The van der Waals surface area contributed by atoms with E-state index in [1.54, 1.807) is 0 Å². The highest BCUT2D eigenvalue weighted by Gasteiger charge is 1.90. The molecule has 0 N–H and O–H groups in total. The number of aromatic nitrogens is 2. The van der Waals surface area contributed by atoms with E-state index < -0.39 is 0 Å². The fourth-order valence-electron chi connectivity index (χ4n) is 0.448. The molecule has 0 aliphatic heterocycles. The highest BCUT2D eigenvalue weighted by molar-refractivity contribution is 14.2. The first-order chi connectivity index (χ1) is 4.36.